The van der Waals surface area contributed by atoms with E-state index in [4.69, 9.17) is 19.9 Å². The van der Waals surface area contributed by atoms with Gasteiger partial charge in [0.1, 0.15) is 17.5 Å². The van der Waals surface area contributed by atoms with Crippen molar-refractivity contribution in [2.24, 2.45) is 5.73 Å². The SMILES string of the molecule is COCCc1ccc(Oc2ccc(NC(=O)C(N)COC)cc2)cc1.Cl. The number of nitrogens with two attached hydrogens (primary N) is 1. The molecule has 0 aliphatic carbocycles. The van der Waals surface area contributed by atoms with Crippen molar-refractivity contribution >= 4 is 24.0 Å². The van der Waals surface area contributed by atoms with E-state index in [9.17, 15) is 4.79 Å². The molecular weight excluding hydrogens is 356 g/mol. The zero-order valence-electron chi connectivity index (χ0n) is 14.9. The van der Waals surface area contributed by atoms with Gasteiger partial charge in [-0.25, -0.2) is 0 Å². The number of anilines is 1. The summed E-state index contributed by atoms with van der Waals surface area (Å²) in [6.45, 7) is 0.870. The van der Waals surface area contributed by atoms with Crippen LogP contribution in [0.25, 0.3) is 0 Å². The van der Waals surface area contributed by atoms with Crippen molar-refractivity contribution in [1.82, 2.24) is 0 Å². The molecule has 0 saturated carbocycles. The minimum Gasteiger partial charge on any atom is -0.457 e. The zero-order chi connectivity index (χ0) is 18.1. The Morgan fingerprint density at radius 1 is 1.00 bits per heavy atom. The number of hydrogen-bond donors (Lipinski definition) is 2. The molecule has 142 valence electrons. The third-order valence-electron chi connectivity index (χ3n) is 3.56. The largest absolute Gasteiger partial charge is 0.457 e. The first kappa shape index (κ1) is 21.9. The highest BCUT2D eigenvalue weighted by Gasteiger charge is 2.12. The third kappa shape index (κ3) is 7.01. The lowest BCUT2D eigenvalue weighted by atomic mass is 10.1. The molecule has 0 fully saturated rings. The van der Waals surface area contributed by atoms with Gasteiger partial charge in [0.25, 0.3) is 0 Å². The van der Waals surface area contributed by atoms with Crippen LogP contribution in [0.15, 0.2) is 48.5 Å². The van der Waals surface area contributed by atoms with E-state index in [-0.39, 0.29) is 24.9 Å². The fourth-order valence-corrected chi connectivity index (χ4v) is 2.18. The van der Waals surface area contributed by atoms with E-state index in [0.29, 0.717) is 18.0 Å². The van der Waals surface area contributed by atoms with E-state index in [1.165, 1.54) is 12.7 Å². The van der Waals surface area contributed by atoms with E-state index in [0.717, 1.165) is 12.2 Å². The fourth-order valence-electron chi connectivity index (χ4n) is 2.18. The van der Waals surface area contributed by atoms with Gasteiger partial charge >= 0.3 is 0 Å². The van der Waals surface area contributed by atoms with Crippen molar-refractivity contribution < 1.29 is 19.0 Å². The molecule has 1 unspecified atom stereocenters. The predicted molar refractivity (Wildman–Crippen MR) is 104 cm³/mol. The third-order valence-corrected chi connectivity index (χ3v) is 3.56. The summed E-state index contributed by atoms with van der Waals surface area (Å²) < 4.78 is 15.7. The molecule has 0 spiro atoms. The summed E-state index contributed by atoms with van der Waals surface area (Å²) >= 11 is 0. The van der Waals surface area contributed by atoms with Crippen molar-refractivity contribution in [3.63, 3.8) is 0 Å². The Morgan fingerprint density at radius 3 is 2.12 bits per heavy atom. The summed E-state index contributed by atoms with van der Waals surface area (Å²) in [5, 5.41) is 2.73. The smallest absolute Gasteiger partial charge is 0.243 e. The van der Waals surface area contributed by atoms with Crippen molar-refractivity contribution in [2.45, 2.75) is 12.5 Å². The molecular formula is C19H25ClN2O4. The van der Waals surface area contributed by atoms with E-state index in [2.05, 4.69) is 5.32 Å². The number of ether oxygens (including phenoxy) is 3. The van der Waals surface area contributed by atoms with Gasteiger partial charge in [0, 0.05) is 19.9 Å². The highest BCUT2D eigenvalue weighted by atomic mass is 35.5. The molecule has 1 atom stereocenters. The molecule has 2 aromatic rings. The molecule has 0 bridgehead atoms. The van der Waals surface area contributed by atoms with Crippen molar-refractivity contribution in [3.05, 3.63) is 54.1 Å². The molecule has 0 aliphatic heterocycles. The van der Waals surface area contributed by atoms with Gasteiger partial charge in [0.15, 0.2) is 0 Å². The second-order valence-corrected chi connectivity index (χ2v) is 5.56. The van der Waals surface area contributed by atoms with E-state index in [1.54, 1.807) is 31.4 Å². The number of nitrogens with one attached hydrogen (secondary N) is 1. The lowest BCUT2D eigenvalue weighted by Crippen LogP contribution is -2.39. The van der Waals surface area contributed by atoms with Crippen LogP contribution in [0.4, 0.5) is 5.69 Å². The zero-order valence-corrected chi connectivity index (χ0v) is 15.8. The van der Waals surface area contributed by atoms with E-state index >= 15 is 0 Å². The van der Waals surface area contributed by atoms with Crippen LogP contribution in [0.3, 0.4) is 0 Å². The minimum absolute atomic E-state index is 0. The van der Waals surface area contributed by atoms with Crippen LogP contribution >= 0.6 is 12.4 Å². The van der Waals surface area contributed by atoms with Crippen LogP contribution in [-0.4, -0.2) is 39.4 Å². The van der Waals surface area contributed by atoms with Crippen LogP contribution in [0.5, 0.6) is 11.5 Å². The standard InChI is InChI=1S/C19H24N2O4.ClH/c1-23-12-11-14-3-7-16(8-4-14)25-17-9-5-15(6-10-17)21-19(22)18(20)13-24-2;/h3-10,18H,11-13,20H2,1-2H3,(H,21,22);1H. The Morgan fingerprint density at radius 2 is 1.58 bits per heavy atom. The summed E-state index contributed by atoms with van der Waals surface area (Å²) in [7, 11) is 3.19. The molecule has 1 amide bonds. The van der Waals surface area contributed by atoms with Crippen molar-refractivity contribution in [3.8, 4) is 11.5 Å². The summed E-state index contributed by atoms with van der Waals surface area (Å²) in [6.07, 6.45) is 0.871. The number of carbonyl (C=O) groups is 1. The molecule has 0 saturated heterocycles. The molecule has 0 radical (unpaired) electrons. The number of benzene rings is 2. The first-order valence-corrected chi connectivity index (χ1v) is 8.03. The average molecular weight is 381 g/mol. The highest BCUT2D eigenvalue weighted by Crippen LogP contribution is 2.23. The molecule has 0 aliphatic rings. The second-order valence-electron chi connectivity index (χ2n) is 5.56. The first-order chi connectivity index (χ1) is 12.1. The maximum absolute atomic E-state index is 11.8. The van der Waals surface area contributed by atoms with Crippen molar-refractivity contribution in [1.29, 1.82) is 0 Å². The molecule has 7 heteroatoms. The average Bonchev–Trinajstić information content (AvgIpc) is 2.63. The maximum atomic E-state index is 11.8. The number of carbonyl (C=O) groups excluding carboxylic acids is 1. The summed E-state index contributed by atoms with van der Waals surface area (Å²) in [5.41, 5.74) is 7.53. The molecule has 0 aromatic heterocycles. The Kier molecular flexibility index (Phi) is 9.69. The molecule has 2 rings (SSSR count). The Bertz CT molecular complexity index is 662. The number of rotatable bonds is 9. The molecule has 0 heterocycles. The minimum atomic E-state index is -0.697. The van der Waals surface area contributed by atoms with Crippen LogP contribution in [0.2, 0.25) is 0 Å². The Labute approximate surface area is 160 Å². The lowest BCUT2D eigenvalue weighted by molar-refractivity contribution is -0.118. The number of methoxy groups -OCH3 is 2. The highest BCUT2D eigenvalue weighted by molar-refractivity contribution is 5.94. The van der Waals surface area contributed by atoms with Crippen LogP contribution in [-0.2, 0) is 20.7 Å². The summed E-state index contributed by atoms with van der Waals surface area (Å²) in [5.74, 6) is 1.14. The van der Waals surface area contributed by atoms with Crippen LogP contribution in [0.1, 0.15) is 5.56 Å². The lowest BCUT2D eigenvalue weighted by Gasteiger charge is -2.12. The first-order valence-electron chi connectivity index (χ1n) is 8.03. The Balaban J connectivity index is 0.00000338. The summed E-state index contributed by atoms with van der Waals surface area (Å²) in [6, 6.07) is 14.3. The molecule has 2 aromatic carbocycles. The quantitative estimate of drug-likeness (QED) is 0.698. The molecule has 6 nitrogen and oxygen atoms in total. The van der Waals surface area contributed by atoms with Gasteiger partial charge in [-0.1, -0.05) is 12.1 Å². The van der Waals surface area contributed by atoms with Gasteiger partial charge in [-0.2, -0.15) is 0 Å². The van der Waals surface area contributed by atoms with E-state index in [1.807, 2.05) is 24.3 Å². The van der Waals surface area contributed by atoms with Gasteiger partial charge in [0.05, 0.1) is 13.2 Å². The predicted octanol–water partition coefficient (Wildman–Crippen LogP) is 3.00. The monoisotopic (exact) mass is 380 g/mol. The fraction of sp³-hybridized carbons (Fsp3) is 0.316. The normalized spacial score (nSPS) is 11.3. The van der Waals surface area contributed by atoms with Gasteiger partial charge in [0.2, 0.25) is 5.91 Å². The van der Waals surface area contributed by atoms with Crippen LogP contribution in [0, 0.1) is 0 Å². The van der Waals surface area contributed by atoms with Crippen molar-refractivity contribution in [2.75, 3.05) is 32.8 Å². The van der Waals surface area contributed by atoms with Crippen LogP contribution < -0.4 is 15.8 Å². The maximum Gasteiger partial charge on any atom is 0.243 e. The summed E-state index contributed by atoms with van der Waals surface area (Å²) in [4.78, 5) is 11.8. The number of amides is 1. The molecule has 3 N–H and O–H groups in total. The van der Waals surface area contributed by atoms with Gasteiger partial charge in [-0.15, -0.1) is 12.4 Å². The van der Waals surface area contributed by atoms with Gasteiger partial charge in [-0.3, -0.25) is 4.79 Å². The number of halogens is 1. The van der Waals surface area contributed by atoms with Gasteiger partial charge < -0.3 is 25.3 Å². The second kappa shape index (κ2) is 11.5. The van der Waals surface area contributed by atoms with E-state index < -0.39 is 6.04 Å². The topological polar surface area (TPSA) is 82.8 Å². The number of hydrogen-bond acceptors (Lipinski definition) is 5. The molecule has 26 heavy (non-hydrogen) atoms. The van der Waals surface area contributed by atoms with Gasteiger partial charge in [-0.05, 0) is 48.4 Å². The Hall–Kier alpha value is -2.12.